The van der Waals surface area contributed by atoms with E-state index in [-0.39, 0.29) is 24.6 Å². The number of thiophene rings is 1. The van der Waals surface area contributed by atoms with Crippen LogP contribution >= 0.6 is 35.2 Å². The number of hydrogen-bond donors (Lipinski definition) is 3. The summed E-state index contributed by atoms with van der Waals surface area (Å²) in [6.07, 6.45) is -0.122. The first-order valence-corrected chi connectivity index (χ1v) is 9.25. The van der Waals surface area contributed by atoms with Crippen LogP contribution < -0.4 is 16.2 Å². The number of ether oxygens (including phenoxy) is 1. The highest BCUT2D eigenvalue weighted by Crippen LogP contribution is 2.34. The summed E-state index contributed by atoms with van der Waals surface area (Å²) in [5.41, 5.74) is 4.81. The third kappa shape index (κ3) is 5.38. The first kappa shape index (κ1) is 20.1. The van der Waals surface area contributed by atoms with E-state index in [9.17, 15) is 14.4 Å². The van der Waals surface area contributed by atoms with Crippen LogP contribution in [0.2, 0.25) is 5.02 Å². The molecule has 0 saturated heterocycles. The molecule has 1 aromatic carbocycles. The topological polar surface area (TPSA) is 96.5 Å². The van der Waals surface area contributed by atoms with Gasteiger partial charge in [-0.1, -0.05) is 29.8 Å². The Morgan fingerprint density at radius 3 is 2.62 bits per heavy atom. The van der Waals surface area contributed by atoms with E-state index in [4.69, 9.17) is 28.6 Å². The highest BCUT2D eigenvalue weighted by atomic mass is 35.5. The SMILES string of the molecule is CCOC(=O)CCC(=O)NC(=S)NNC(=O)c1sc2ccccc2c1Cl. The van der Waals surface area contributed by atoms with Gasteiger partial charge in [0.25, 0.3) is 5.91 Å². The number of rotatable bonds is 5. The summed E-state index contributed by atoms with van der Waals surface area (Å²) >= 11 is 12.4. The fourth-order valence-corrected chi connectivity index (χ4v) is 3.58. The molecule has 0 atom stereocenters. The van der Waals surface area contributed by atoms with Gasteiger partial charge in [0, 0.05) is 16.5 Å². The van der Waals surface area contributed by atoms with Crippen LogP contribution in [0.25, 0.3) is 10.1 Å². The lowest BCUT2D eigenvalue weighted by Gasteiger charge is -2.10. The van der Waals surface area contributed by atoms with E-state index < -0.39 is 17.8 Å². The number of amides is 2. The number of hydrazine groups is 1. The predicted molar refractivity (Wildman–Crippen MR) is 104 cm³/mol. The van der Waals surface area contributed by atoms with Crippen LogP contribution in [0.3, 0.4) is 0 Å². The van der Waals surface area contributed by atoms with Gasteiger partial charge in [0.2, 0.25) is 5.91 Å². The van der Waals surface area contributed by atoms with Crippen molar-refractivity contribution < 1.29 is 19.1 Å². The first-order chi connectivity index (χ1) is 12.4. The smallest absolute Gasteiger partial charge is 0.306 e. The van der Waals surface area contributed by atoms with Gasteiger partial charge >= 0.3 is 5.97 Å². The van der Waals surface area contributed by atoms with Crippen molar-refractivity contribution in [3.8, 4) is 0 Å². The monoisotopic (exact) mass is 413 g/mol. The first-order valence-electron chi connectivity index (χ1n) is 7.65. The average molecular weight is 414 g/mol. The maximum Gasteiger partial charge on any atom is 0.306 e. The summed E-state index contributed by atoms with van der Waals surface area (Å²) in [4.78, 5) is 35.4. The van der Waals surface area contributed by atoms with Crippen LogP contribution in [-0.2, 0) is 14.3 Å². The minimum Gasteiger partial charge on any atom is -0.466 e. The summed E-state index contributed by atoms with van der Waals surface area (Å²) in [5, 5.41) is 3.41. The molecule has 10 heteroatoms. The molecule has 0 aliphatic rings. The van der Waals surface area contributed by atoms with Crippen LogP contribution in [0.1, 0.15) is 29.4 Å². The van der Waals surface area contributed by atoms with Crippen molar-refractivity contribution in [1.82, 2.24) is 16.2 Å². The summed E-state index contributed by atoms with van der Waals surface area (Å²) in [7, 11) is 0. The van der Waals surface area contributed by atoms with Crippen LogP contribution in [0.4, 0.5) is 0 Å². The van der Waals surface area contributed by atoms with Gasteiger partial charge in [-0.3, -0.25) is 25.2 Å². The number of carbonyl (C=O) groups is 3. The third-order valence-corrected chi connectivity index (χ3v) is 5.02. The van der Waals surface area contributed by atoms with Crippen molar-refractivity contribution >= 4 is 68.1 Å². The van der Waals surface area contributed by atoms with Crippen molar-refractivity contribution in [1.29, 1.82) is 0 Å². The number of esters is 1. The van der Waals surface area contributed by atoms with E-state index in [2.05, 4.69) is 16.2 Å². The molecule has 0 fully saturated rings. The van der Waals surface area contributed by atoms with Gasteiger partial charge in [0.15, 0.2) is 5.11 Å². The Morgan fingerprint density at radius 1 is 1.19 bits per heavy atom. The van der Waals surface area contributed by atoms with Crippen LogP contribution in [0.15, 0.2) is 24.3 Å². The molecule has 2 aromatic rings. The fourth-order valence-electron chi connectivity index (χ4n) is 2.00. The predicted octanol–water partition coefficient (Wildman–Crippen LogP) is 2.53. The molecular formula is C16H16ClN3O4S2. The quantitative estimate of drug-likeness (QED) is 0.396. The van der Waals surface area contributed by atoms with Gasteiger partial charge < -0.3 is 10.1 Å². The third-order valence-electron chi connectivity index (χ3n) is 3.15. The van der Waals surface area contributed by atoms with Crippen molar-refractivity contribution in [3.63, 3.8) is 0 Å². The number of nitrogens with one attached hydrogen (secondary N) is 3. The second-order valence-corrected chi connectivity index (χ2v) is 6.84. The number of benzene rings is 1. The fraction of sp³-hybridized carbons (Fsp3) is 0.250. The number of fused-ring (bicyclic) bond motifs is 1. The van der Waals surface area contributed by atoms with E-state index in [0.717, 1.165) is 10.1 Å². The standard InChI is InChI=1S/C16H16ClN3O4S2/c1-2-24-12(22)8-7-11(21)18-16(25)20-19-15(23)14-13(17)9-5-3-4-6-10(9)26-14/h3-6H,2,7-8H2,1H3,(H,19,23)(H2,18,20,21,25). The molecule has 0 bridgehead atoms. The highest BCUT2D eigenvalue weighted by molar-refractivity contribution is 7.80. The lowest BCUT2D eigenvalue weighted by Crippen LogP contribution is -2.48. The second kappa shape index (κ2) is 9.46. The molecule has 138 valence electrons. The zero-order valence-electron chi connectivity index (χ0n) is 13.8. The van der Waals surface area contributed by atoms with E-state index in [1.165, 1.54) is 11.3 Å². The second-order valence-electron chi connectivity index (χ2n) is 5.00. The van der Waals surface area contributed by atoms with Crippen LogP contribution in [0, 0.1) is 0 Å². The van der Waals surface area contributed by atoms with Crippen molar-refractivity contribution in [2.24, 2.45) is 0 Å². The zero-order valence-corrected chi connectivity index (χ0v) is 16.1. The molecule has 0 aliphatic carbocycles. The maximum absolute atomic E-state index is 12.2. The molecule has 26 heavy (non-hydrogen) atoms. The van der Waals surface area contributed by atoms with E-state index in [1.807, 2.05) is 24.3 Å². The van der Waals surface area contributed by atoms with Crippen molar-refractivity contribution in [3.05, 3.63) is 34.2 Å². The molecular weight excluding hydrogens is 398 g/mol. The Morgan fingerprint density at radius 2 is 1.92 bits per heavy atom. The van der Waals surface area contributed by atoms with E-state index in [1.54, 1.807) is 6.92 Å². The number of carbonyl (C=O) groups excluding carboxylic acids is 3. The van der Waals surface area contributed by atoms with Gasteiger partial charge in [-0.25, -0.2) is 0 Å². The summed E-state index contributed by atoms with van der Waals surface area (Å²) < 4.78 is 5.61. The molecule has 0 spiro atoms. The largest absolute Gasteiger partial charge is 0.466 e. The molecule has 0 unspecified atom stereocenters. The molecule has 0 radical (unpaired) electrons. The number of halogens is 1. The normalized spacial score (nSPS) is 10.2. The summed E-state index contributed by atoms with van der Waals surface area (Å²) in [6, 6.07) is 7.38. The average Bonchev–Trinajstić information content (AvgIpc) is 2.95. The lowest BCUT2D eigenvalue weighted by atomic mass is 10.2. The molecule has 2 rings (SSSR count). The van der Waals surface area contributed by atoms with E-state index in [0.29, 0.717) is 9.90 Å². The molecule has 7 nitrogen and oxygen atoms in total. The molecule has 1 aromatic heterocycles. The maximum atomic E-state index is 12.2. The zero-order chi connectivity index (χ0) is 19.1. The Hall–Kier alpha value is -2.23. The minimum absolute atomic E-state index is 0.0496. The molecule has 0 saturated carbocycles. The number of thiocarbonyl (C=S) groups is 1. The van der Waals surface area contributed by atoms with Crippen LogP contribution in [-0.4, -0.2) is 29.5 Å². The van der Waals surface area contributed by atoms with Gasteiger partial charge in [0.1, 0.15) is 4.88 Å². The molecule has 3 N–H and O–H groups in total. The summed E-state index contributed by atoms with van der Waals surface area (Å²) in [6.45, 7) is 1.94. The van der Waals surface area contributed by atoms with Crippen molar-refractivity contribution in [2.45, 2.75) is 19.8 Å². The van der Waals surface area contributed by atoms with Crippen molar-refractivity contribution in [2.75, 3.05) is 6.61 Å². The Bertz CT molecular complexity index is 853. The van der Waals surface area contributed by atoms with Gasteiger partial charge in [-0.2, -0.15) is 0 Å². The van der Waals surface area contributed by atoms with Crippen LogP contribution in [0.5, 0.6) is 0 Å². The van der Waals surface area contributed by atoms with Gasteiger partial charge in [-0.15, -0.1) is 11.3 Å². The highest BCUT2D eigenvalue weighted by Gasteiger charge is 2.17. The Kier molecular flexibility index (Phi) is 7.31. The summed E-state index contributed by atoms with van der Waals surface area (Å²) in [5.74, 6) is -1.40. The minimum atomic E-state index is -0.473. The Balaban J connectivity index is 1.82. The molecule has 0 aliphatic heterocycles. The lowest BCUT2D eigenvalue weighted by molar-refractivity contribution is -0.144. The van der Waals surface area contributed by atoms with E-state index >= 15 is 0 Å². The molecule has 1 heterocycles. The van der Waals surface area contributed by atoms with Gasteiger partial charge in [-0.05, 0) is 25.2 Å². The van der Waals surface area contributed by atoms with Gasteiger partial charge in [0.05, 0.1) is 18.1 Å². The molecule has 2 amide bonds. The number of hydrogen-bond acceptors (Lipinski definition) is 6. The Labute approximate surface area is 164 Å².